The van der Waals surface area contributed by atoms with Crippen molar-refractivity contribution in [1.82, 2.24) is 5.32 Å². The highest BCUT2D eigenvalue weighted by Crippen LogP contribution is 2.04. The summed E-state index contributed by atoms with van der Waals surface area (Å²) in [6.07, 6.45) is 1.72. The van der Waals surface area contributed by atoms with E-state index in [-0.39, 0.29) is 19.3 Å². The molecule has 0 heterocycles. The van der Waals surface area contributed by atoms with E-state index in [9.17, 15) is 4.79 Å². The van der Waals surface area contributed by atoms with Gasteiger partial charge in [-0.15, -0.1) is 0 Å². The average Bonchev–Trinajstić information content (AvgIpc) is 2.12. The first kappa shape index (κ1) is 13.0. The SMILES string of the molecule is C=CCOC(=O)N[C@@H](CO)CC(C)C. The van der Waals surface area contributed by atoms with E-state index in [1.54, 1.807) is 0 Å². The molecule has 0 fully saturated rings. The number of carbonyl (C=O) groups is 1. The summed E-state index contributed by atoms with van der Waals surface area (Å²) < 4.78 is 4.73. The first-order valence-corrected chi connectivity index (χ1v) is 4.75. The Morgan fingerprint density at radius 2 is 2.29 bits per heavy atom. The molecular formula is C10H19NO3. The van der Waals surface area contributed by atoms with Crippen LogP contribution in [0.4, 0.5) is 4.79 Å². The van der Waals surface area contributed by atoms with Crippen LogP contribution in [-0.4, -0.2) is 30.5 Å². The molecule has 0 unspecified atom stereocenters. The van der Waals surface area contributed by atoms with Crippen LogP contribution in [0.2, 0.25) is 0 Å². The zero-order chi connectivity index (χ0) is 11.0. The number of alkyl carbamates (subject to hydrolysis) is 1. The lowest BCUT2D eigenvalue weighted by Gasteiger charge is -2.17. The number of hydrogen-bond donors (Lipinski definition) is 2. The van der Waals surface area contributed by atoms with Crippen LogP contribution in [0.3, 0.4) is 0 Å². The van der Waals surface area contributed by atoms with Crippen LogP contribution in [-0.2, 0) is 4.74 Å². The molecule has 14 heavy (non-hydrogen) atoms. The van der Waals surface area contributed by atoms with Crippen LogP contribution >= 0.6 is 0 Å². The number of hydrogen-bond acceptors (Lipinski definition) is 3. The van der Waals surface area contributed by atoms with E-state index >= 15 is 0 Å². The molecule has 0 rings (SSSR count). The molecule has 0 aliphatic rings. The van der Waals surface area contributed by atoms with Gasteiger partial charge in [-0.1, -0.05) is 26.5 Å². The van der Waals surface area contributed by atoms with Crippen LogP contribution in [0.25, 0.3) is 0 Å². The number of nitrogens with one attached hydrogen (secondary N) is 1. The second kappa shape index (κ2) is 7.38. The van der Waals surface area contributed by atoms with Gasteiger partial charge in [0.2, 0.25) is 0 Å². The van der Waals surface area contributed by atoms with E-state index < -0.39 is 6.09 Å². The number of rotatable bonds is 6. The van der Waals surface area contributed by atoms with E-state index in [1.165, 1.54) is 6.08 Å². The largest absolute Gasteiger partial charge is 0.445 e. The van der Waals surface area contributed by atoms with Crippen LogP contribution in [0.15, 0.2) is 12.7 Å². The predicted octanol–water partition coefficient (Wildman–Crippen LogP) is 1.31. The number of aliphatic hydroxyl groups is 1. The van der Waals surface area contributed by atoms with E-state index in [0.29, 0.717) is 5.92 Å². The summed E-state index contributed by atoms with van der Waals surface area (Å²) in [5.74, 6) is 0.423. The van der Waals surface area contributed by atoms with Crippen molar-refractivity contribution in [1.29, 1.82) is 0 Å². The molecule has 0 spiro atoms. The van der Waals surface area contributed by atoms with Crippen molar-refractivity contribution < 1.29 is 14.6 Å². The monoisotopic (exact) mass is 201 g/mol. The predicted molar refractivity (Wildman–Crippen MR) is 55.0 cm³/mol. The molecule has 0 aromatic heterocycles. The molecule has 2 N–H and O–H groups in total. The third-order valence-corrected chi connectivity index (χ3v) is 1.63. The first-order valence-electron chi connectivity index (χ1n) is 4.75. The molecule has 0 radical (unpaired) electrons. The van der Waals surface area contributed by atoms with E-state index in [0.717, 1.165) is 6.42 Å². The first-order chi connectivity index (χ1) is 6.60. The smallest absolute Gasteiger partial charge is 0.407 e. The van der Waals surface area contributed by atoms with Gasteiger partial charge in [0.05, 0.1) is 12.6 Å². The second-order valence-electron chi connectivity index (χ2n) is 3.54. The minimum absolute atomic E-state index is 0.0681. The zero-order valence-corrected chi connectivity index (χ0v) is 8.82. The van der Waals surface area contributed by atoms with Gasteiger partial charge in [0.1, 0.15) is 6.61 Å². The normalized spacial score (nSPS) is 12.3. The van der Waals surface area contributed by atoms with Crippen molar-refractivity contribution in [2.45, 2.75) is 26.3 Å². The van der Waals surface area contributed by atoms with E-state index in [4.69, 9.17) is 9.84 Å². The minimum atomic E-state index is -0.510. The summed E-state index contributed by atoms with van der Waals surface area (Å²) in [7, 11) is 0. The molecule has 1 amide bonds. The van der Waals surface area contributed by atoms with Crippen molar-refractivity contribution in [3.05, 3.63) is 12.7 Å². The molecule has 0 aromatic rings. The number of ether oxygens (including phenoxy) is 1. The topological polar surface area (TPSA) is 58.6 Å². The third-order valence-electron chi connectivity index (χ3n) is 1.63. The number of aliphatic hydroxyl groups excluding tert-OH is 1. The Morgan fingerprint density at radius 3 is 2.71 bits per heavy atom. The van der Waals surface area contributed by atoms with Gasteiger partial charge in [-0.05, 0) is 12.3 Å². The van der Waals surface area contributed by atoms with E-state index in [1.807, 2.05) is 13.8 Å². The lowest BCUT2D eigenvalue weighted by atomic mass is 10.0. The molecule has 0 aliphatic carbocycles. The number of carbonyl (C=O) groups excluding carboxylic acids is 1. The van der Waals surface area contributed by atoms with Crippen LogP contribution in [0.5, 0.6) is 0 Å². The van der Waals surface area contributed by atoms with Gasteiger partial charge in [0, 0.05) is 0 Å². The number of amides is 1. The molecule has 0 saturated carbocycles. The molecule has 1 atom stereocenters. The molecular weight excluding hydrogens is 182 g/mol. The molecule has 4 heteroatoms. The Kier molecular flexibility index (Phi) is 6.84. The Morgan fingerprint density at radius 1 is 1.64 bits per heavy atom. The highest BCUT2D eigenvalue weighted by atomic mass is 16.5. The van der Waals surface area contributed by atoms with Gasteiger partial charge >= 0.3 is 6.09 Å². The van der Waals surface area contributed by atoms with Crippen molar-refractivity contribution in [3.63, 3.8) is 0 Å². The minimum Gasteiger partial charge on any atom is -0.445 e. The van der Waals surface area contributed by atoms with Gasteiger partial charge in [-0.25, -0.2) is 4.79 Å². The van der Waals surface area contributed by atoms with E-state index in [2.05, 4.69) is 11.9 Å². The summed E-state index contributed by atoms with van der Waals surface area (Å²) in [6.45, 7) is 7.60. The van der Waals surface area contributed by atoms with Gasteiger partial charge < -0.3 is 15.2 Å². The fraction of sp³-hybridized carbons (Fsp3) is 0.700. The Balaban J connectivity index is 3.79. The standard InChI is InChI=1S/C10H19NO3/c1-4-5-14-10(13)11-9(7-12)6-8(2)3/h4,8-9,12H,1,5-7H2,2-3H3,(H,11,13)/t9-/m1/s1. The van der Waals surface area contributed by atoms with Crippen molar-refractivity contribution >= 4 is 6.09 Å². The fourth-order valence-electron chi connectivity index (χ4n) is 1.09. The summed E-state index contributed by atoms with van der Waals surface area (Å²) in [6, 6.07) is -0.229. The molecule has 0 aromatic carbocycles. The summed E-state index contributed by atoms with van der Waals surface area (Å²) >= 11 is 0. The average molecular weight is 201 g/mol. The van der Waals surface area contributed by atoms with Crippen molar-refractivity contribution in [2.75, 3.05) is 13.2 Å². The summed E-state index contributed by atoms with van der Waals surface area (Å²) in [4.78, 5) is 11.1. The maximum absolute atomic E-state index is 11.1. The molecule has 0 bridgehead atoms. The van der Waals surface area contributed by atoms with Gasteiger partial charge in [0.25, 0.3) is 0 Å². The fourth-order valence-corrected chi connectivity index (χ4v) is 1.09. The third kappa shape index (κ3) is 6.48. The highest BCUT2D eigenvalue weighted by molar-refractivity contribution is 5.67. The molecule has 4 nitrogen and oxygen atoms in total. The van der Waals surface area contributed by atoms with Crippen LogP contribution in [0, 0.1) is 5.92 Å². The van der Waals surface area contributed by atoms with Crippen molar-refractivity contribution in [3.8, 4) is 0 Å². The Bertz CT molecular complexity index is 180. The van der Waals surface area contributed by atoms with Crippen LogP contribution in [0.1, 0.15) is 20.3 Å². The lowest BCUT2D eigenvalue weighted by Crippen LogP contribution is -2.38. The summed E-state index contributed by atoms with van der Waals surface area (Å²) in [5, 5.41) is 11.5. The second-order valence-corrected chi connectivity index (χ2v) is 3.54. The Labute approximate surface area is 85.0 Å². The molecule has 82 valence electrons. The molecule has 0 saturated heterocycles. The maximum Gasteiger partial charge on any atom is 0.407 e. The summed E-state index contributed by atoms with van der Waals surface area (Å²) in [5.41, 5.74) is 0. The quantitative estimate of drug-likeness (QED) is 0.637. The zero-order valence-electron chi connectivity index (χ0n) is 8.82. The van der Waals surface area contributed by atoms with Gasteiger partial charge in [0.15, 0.2) is 0 Å². The highest BCUT2D eigenvalue weighted by Gasteiger charge is 2.12. The van der Waals surface area contributed by atoms with Crippen molar-refractivity contribution in [2.24, 2.45) is 5.92 Å². The Hall–Kier alpha value is -1.03. The maximum atomic E-state index is 11.1. The van der Waals surface area contributed by atoms with Gasteiger partial charge in [-0.3, -0.25) is 0 Å². The van der Waals surface area contributed by atoms with Crippen LogP contribution < -0.4 is 5.32 Å². The lowest BCUT2D eigenvalue weighted by molar-refractivity contribution is 0.142. The molecule has 0 aliphatic heterocycles. The van der Waals surface area contributed by atoms with Gasteiger partial charge in [-0.2, -0.15) is 0 Å².